The van der Waals surface area contributed by atoms with Gasteiger partial charge in [-0.2, -0.15) is 0 Å². The molecule has 1 saturated heterocycles. The molecule has 134 valence electrons. The van der Waals surface area contributed by atoms with Crippen molar-refractivity contribution in [3.63, 3.8) is 0 Å². The third-order valence-corrected chi connectivity index (χ3v) is 5.34. The van der Waals surface area contributed by atoms with Gasteiger partial charge in [0.2, 0.25) is 0 Å². The largest absolute Gasteiger partial charge is 0.484 e. The summed E-state index contributed by atoms with van der Waals surface area (Å²) in [7, 11) is 1.47. The number of nitrogens with zero attached hydrogens (tertiary/aromatic N) is 2. The van der Waals surface area contributed by atoms with E-state index in [0.717, 1.165) is 49.0 Å². The molecule has 6 nitrogen and oxygen atoms in total. The molecule has 1 aliphatic carbocycles. The van der Waals surface area contributed by atoms with Gasteiger partial charge in [-0.05, 0) is 37.7 Å². The van der Waals surface area contributed by atoms with Crippen LogP contribution < -0.4 is 4.74 Å². The molecule has 2 aromatic heterocycles. The Balaban J connectivity index is 1.42. The summed E-state index contributed by atoms with van der Waals surface area (Å²) >= 11 is 0. The average molecular weight is 344 g/mol. The highest BCUT2D eigenvalue weighted by Gasteiger charge is 2.27. The Morgan fingerprint density at radius 1 is 1.32 bits per heavy atom. The van der Waals surface area contributed by atoms with Crippen LogP contribution in [0.15, 0.2) is 24.5 Å². The van der Waals surface area contributed by atoms with Crippen LogP contribution >= 0.6 is 0 Å². The van der Waals surface area contributed by atoms with Gasteiger partial charge in [-0.1, -0.05) is 0 Å². The number of fused-ring (bicyclic) bond motifs is 1. The van der Waals surface area contributed by atoms with Crippen LogP contribution in [0.5, 0.6) is 5.75 Å². The molecule has 0 bridgehead atoms. The van der Waals surface area contributed by atoms with Crippen LogP contribution in [-0.4, -0.2) is 41.9 Å². The van der Waals surface area contributed by atoms with E-state index in [1.165, 1.54) is 7.11 Å². The van der Waals surface area contributed by atoms with E-state index in [4.69, 9.17) is 14.2 Å². The van der Waals surface area contributed by atoms with E-state index in [-0.39, 0.29) is 18.0 Å². The second-order valence-corrected chi connectivity index (χ2v) is 7.06. The summed E-state index contributed by atoms with van der Waals surface area (Å²) in [6.07, 6.45) is 7.99. The SMILES string of the molecule is COC(=O)[C@H]1CC[C@H](Cn2ccc3ncc(OC4COC4)cc32)CC1. The second kappa shape index (κ2) is 7.04. The fourth-order valence-electron chi connectivity index (χ4n) is 3.77. The minimum Gasteiger partial charge on any atom is -0.484 e. The standard InChI is InChI=1S/C19H24N2O4/c1-23-19(22)14-4-2-13(3-5-14)10-21-7-6-17-18(21)8-15(9-20-17)25-16-11-24-12-16/h6-9,13-14,16H,2-5,10-12H2,1H3/t13-,14-. The van der Waals surface area contributed by atoms with Crippen molar-refractivity contribution in [3.8, 4) is 5.75 Å². The first-order chi connectivity index (χ1) is 12.2. The van der Waals surface area contributed by atoms with E-state index >= 15 is 0 Å². The van der Waals surface area contributed by atoms with Gasteiger partial charge in [0.15, 0.2) is 0 Å². The number of esters is 1. The van der Waals surface area contributed by atoms with Gasteiger partial charge in [-0.15, -0.1) is 0 Å². The van der Waals surface area contributed by atoms with Crippen molar-refractivity contribution in [1.82, 2.24) is 9.55 Å². The molecule has 0 unspecified atom stereocenters. The van der Waals surface area contributed by atoms with E-state index < -0.39 is 0 Å². The zero-order valence-electron chi connectivity index (χ0n) is 14.5. The summed E-state index contributed by atoms with van der Waals surface area (Å²) < 4.78 is 18.2. The number of carbonyl (C=O) groups is 1. The Morgan fingerprint density at radius 3 is 2.80 bits per heavy atom. The first kappa shape index (κ1) is 16.4. The maximum atomic E-state index is 11.7. The summed E-state index contributed by atoms with van der Waals surface area (Å²) in [5.74, 6) is 1.40. The number of methoxy groups -OCH3 is 1. The molecule has 0 spiro atoms. The molecule has 0 atom stereocenters. The van der Waals surface area contributed by atoms with Crippen LogP contribution in [0.4, 0.5) is 0 Å². The number of rotatable bonds is 5. The maximum Gasteiger partial charge on any atom is 0.308 e. The fraction of sp³-hybridized carbons (Fsp3) is 0.579. The van der Waals surface area contributed by atoms with Crippen LogP contribution in [0, 0.1) is 11.8 Å². The number of aromatic nitrogens is 2. The Morgan fingerprint density at radius 2 is 2.12 bits per heavy atom. The van der Waals surface area contributed by atoms with Crippen LogP contribution in [0.1, 0.15) is 25.7 Å². The zero-order chi connectivity index (χ0) is 17.2. The van der Waals surface area contributed by atoms with E-state index in [9.17, 15) is 4.79 Å². The highest BCUT2D eigenvalue weighted by molar-refractivity contribution is 5.77. The highest BCUT2D eigenvalue weighted by atomic mass is 16.6. The summed E-state index contributed by atoms with van der Waals surface area (Å²) in [5, 5.41) is 0. The van der Waals surface area contributed by atoms with Crippen molar-refractivity contribution in [2.45, 2.75) is 38.3 Å². The smallest absolute Gasteiger partial charge is 0.308 e. The Labute approximate surface area is 147 Å². The number of ether oxygens (including phenoxy) is 3. The lowest BCUT2D eigenvalue weighted by molar-refractivity contribution is -0.146. The number of hydrogen-bond acceptors (Lipinski definition) is 5. The van der Waals surface area contributed by atoms with Gasteiger partial charge in [-0.25, -0.2) is 0 Å². The van der Waals surface area contributed by atoms with Crippen LogP contribution in [0.2, 0.25) is 0 Å². The normalized spacial score (nSPS) is 24.0. The number of pyridine rings is 1. The Hall–Kier alpha value is -2.08. The van der Waals surface area contributed by atoms with E-state index in [0.29, 0.717) is 19.1 Å². The van der Waals surface area contributed by atoms with Crippen molar-refractivity contribution < 1.29 is 19.0 Å². The minimum atomic E-state index is -0.0594. The fourth-order valence-corrected chi connectivity index (χ4v) is 3.77. The van der Waals surface area contributed by atoms with Crippen molar-refractivity contribution >= 4 is 17.0 Å². The molecule has 0 amide bonds. The first-order valence-electron chi connectivity index (χ1n) is 9.00. The summed E-state index contributed by atoms with van der Waals surface area (Å²) in [6.45, 7) is 2.26. The van der Waals surface area contributed by atoms with Gasteiger partial charge >= 0.3 is 5.97 Å². The van der Waals surface area contributed by atoms with Crippen LogP contribution in [-0.2, 0) is 20.8 Å². The quantitative estimate of drug-likeness (QED) is 0.781. The predicted molar refractivity (Wildman–Crippen MR) is 92.4 cm³/mol. The van der Waals surface area contributed by atoms with Crippen LogP contribution in [0.3, 0.4) is 0 Å². The number of carbonyl (C=O) groups excluding carboxylic acids is 1. The highest BCUT2D eigenvalue weighted by Crippen LogP contribution is 2.32. The van der Waals surface area contributed by atoms with Crippen molar-refractivity contribution in [1.29, 1.82) is 0 Å². The molecule has 3 heterocycles. The molecule has 1 saturated carbocycles. The summed E-state index contributed by atoms with van der Waals surface area (Å²) in [4.78, 5) is 16.2. The number of hydrogen-bond donors (Lipinski definition) is 0. The first-order valence-corrected chi connectivity index (χ1v) is 9.00. The summed E-state index contributed by atoms with van der Waals surface area (Å²) in [5.41, 5.74) is 2.09. The van der Waals surface area contributed by atoms with Crippen molar-refractivity contribution in [2.75, 3.05) is 20.3 Å². The van der Waals surface area contributed by atoms with Gasteiger partial charge in [0, 0.05) is 18.8 Å². The molecule has 0 aromatic carbocycles. The monoisotopic (exact) mass is 344 g/mol. The van der Waals surface area contributed by atoms with Gasteiger partial charge in [0.25, 0.3) is 0 Å². The van der Waals surface area contributed by atoms with Gasteiger partial charge < -0.3 is 18.8 Å². The lowest BCUT2D eigenvalue weighted by Crippen LogP contribution is -2.38. The van der Waals surface area contributed by atoms with E-state index in [1.807, 2.05) is 6.07 Å². The molecule has 2 aromatic rings. The van der Waals surface area contributed by atoms with Crippen molar-refractivity contribution in [2.24, 2.45) is 11.8 Å². The van der Waals surface area contributed by atoms with Gasteiger partial charge in [0.05, 0.1) is 43.5 Å². The topological polar surface area (TPSA) is 62.6 Å². The van der Waals surface area contributed by atoms with Gasteiger partial charge in [0.1, 0.15) is 11.9 Å². The minimum absolute atomic E-state index is 0.0594. The maximum absolute atomic E-state index is 11.7. The zero-order valence-corrected chi connectivity index (χ0v) is 14.5. The molecule has 2 aliphatic rings. The molecular weight excluding hydrogens is 320 g/mol. The molecular formula is C19H24N2O4. The van der Waals surface area contributed by atoms with Crippen molar-refractivity contribution in [3.05, 3.63) is 24.5 Å². The second-order valence-electron chi connectivity index (χ2n) is 7.06. The molecule has 0 N–H and O–H groups in total. The lowest BCUT2D eigenvalue weighted by atomic mass is 9.82. The average Bonchev–Trinajstić information content (AvgIpc) is 3.00. The summed E-state index contributed by atoms with van der Waals surface area (Å²) in [6, 6.07) is 4.12. The molecule has 6 heteroatoms. The third kappa shape index (κ3) is 3.49. The lowest BCUT2D eigenvalue weighted by Gasteiger charge is -2.27. The molecule has 2 fully saturated rings. The molecule has 0 radical (unpaired) electrons. The van der Waals surface area contributed by atoms with Crippen LogP contribution in [0.25, 0.3) is 11.0 Å². The predicted octanol–water partition coefficient (Wildman–Crippen LogP) is 2.79. The Bertz CT molecular complexity index is 745. The molecule has 25 heavy (non-hydrogen) atoms. The molecule has 4 rings (SSSR count). The van der Waals surface area contributed by atoms with E-state index in [1.54, 1.807) is 6.20 Å². The Kier molecular flexibility index (Phi) is 4.61. The van der Waals surface area contributed by atoms with Gasteiger partial charge in [-0.3, -0.25) is 9.78 Å². The molecule has 1 aliphatic heterocycles. The van der Waals surface area contributed by atoms with E-state index in [2.05, 4.69) is 21.8 Å². The third-order valence-electron chi connectivity index (χ3n) is 5.34.